The molecule has 1 aromatic rings. The van der Waals surface area contributed by atoms with Crippen LogP contribution in [0.2, 0.25) is 0 Å². The Balaban J connectivity index is 1.94. The summed E-state index contributed by atoms with van der Waals surface area (Å²) in [5.74, 6) is 0. The van der Waals surface area contributed by atoms with Crippen LogP contribution in [0.25, 0.3) is 0 Å². The minimum absolute atomic E-state index is 0.0334. The molecule has 1 fully saturated rings. The third-order valence-corrected chi connectivity index (χ3v) is 3.74. The number of nitrogens with zero attached hydrogens (tertiary/aromatic N) is 1. The average Bonchev–Trinajstić information content (AvgIpc) is 3.00. The van der Waals surface area contributed by atoms with Gasteiger partial charge in [0.05, 0.1) is 12.6 Å². The summed E-state index contributed by atoms with van der Waals surface area (Å²) in [4.78, 5) is 14.8. The van der Waals surface area contributed by atoms with Crippen molar-refractivity contribution in [2.75, 3.05) is 20.2 Å². The second-order valence-corrected chi connectivity index (χ2v) is 5.18. The van der Waals surface area contributed by atoms with Gasteiger partial charge in [0.25, 0.3) is 0 Å². The summed E-state index contributed by atoms with van der Waals surface area (Å²) in [5.41, 5.74) is 0. The number of thiophene rings is 1. The van der Waals surface area contributed by atoms with Crippen LogP contribution in [-0.2, 0) is 11.3 Å². The fourth-order valence-corrected chi connectivity index (χ4v) is 2.72. The highest BCUT2D eigenvalue weighted by molar-refractivity contribution is 7.09. The Hall–Kier alpha value is -1.07. The van der Waals surface area contributed by atoms with E-state index in [1.165, 1.54) is 4.88 Å². The van der Waals surface area contributed by atoms with Gasteiger partial charge in [-0.2, -0.15) is 0 Å². The number of carbonyl (C=O) groups is 1. The number of carbonyl (C=O) groups excluding carboxylic acids is 1. The molecule has 1 aliphatic rings. The molecule has 0 radical (unpaired) electrons. The zero-order valence-electron chi connectivity index (χ0n) is 10.0. The summed E-state index contributed by atoms with van der Waals surface area (Å²) in [7, 11) is 1.67. The normalized spacial score (nSPS) is 19.2. The number of amides is 2. The Bertz CT molecular complexity index is 347. The predicted molar refractivity (Wildman–Crippen MR) is 68.2 cm³/mol. The average molecular weight is 254 g/mol. The zero-order chi connectivity index (χ0) is 12.1. The molecule has 94 valence electrons. The van der Waals surface area contributed by atoms with Crippen LogP contribution in [-0.4, -0.2) is 37.2 Å². The van der Waals surface area contributed by atoms with E-state index in [-0.39, 0.29) is 12.1 Å². The number of rotatable bonds is 4. The van der Waals surface area contributed by atoms with Crippen molar-refractivity contribution >= 4 is 17.4 Å². The van der Waals surface area contributed by atoms with Crippen LogP contribution in [0, 0.1) is 0 Å². The Kier molecular flexibility index (Phi) is 4.39. The molecule has 1 aromatic heterocycles. The Morgan fingerprint density at radius 2 is 2.59 bits per heavy atom. The maximum absolute atomic E-state index is 11.8. The first-order valence-corrected chi connectivity index (χ1v) is 6.78. The van der Waals surface area contributed by atoms with Crippen LogP contribution in [0.1, 0.15) is 17.7 Å². The van der Waals surface area contributed by atoms with Crippen molar-refractivity contribution < 1.29 is 9.53 Å². The van der Waals surface area contributed by atoms with Gasteiger partial charge >= 0.3 is 6.03 Å². The minimum atomic E-state index is -0.0334. The predicted octanol–water partition coefficient (Wildman–Crippen LogP) is 2.07. The van der Waals surface area contributed by atoms with Crippen molar-refractivity contribution in [2.24, 2.45) is 0 Å². The molecule has 2 heterocycles. The van der Waals surface area contributed by atoms with Crippen molar-refractivity contribution in [3.05, 3.63) is 22.4 Å². The fourth-order valence-electron chi connectivity index (χ4n) is 2.00. The van der Waals surface area contributed by atoms with Crippen LogP contribution in [0.3, 0.4) is 0 Å². The molecule has 1 aliphatic heterocycles. The van der Waals surface area contributed by atoms with Gasteiger partial charge in [-0.15, -0.1) is 11.3 Å². The van der Waals surface area contributed by atoms with Gasteiger partial charge in [0.1, 0.15) is 0 Å². The van der Waals surface area contributed by atoms with Gasteiger partial charge in [0, 0.05) is 25.1 Å². The third kappa shape index (κ3) is 3.44. The van der Waals surface area contributed by atoms with E-state index in [1.54, 1.807) is 18.4 Å². The van der Waals surface area contributed by atoms with E-state index in [9.17, 15) is 4.79 Å². The van der Waals surface area contributed by atoms with E-state index in [2.05, 4.69) is 11.4 Å². The Labute approximate surface area is 106 Å². The summed E-state index contributed by atoms with van der Waals surface area (Å²) in [6.45, 7) is 2.17. The second kappa shape index (κ2) is 6.02. The summed E-state index contributed by atoms with van der Waals surface area (Å²) >= 11 is 1.67. The van der Waals surface area contributed by atoms with Gasteiger partial charge in [0.2, 0.25) is 0 Å². The van der Waals surface area contributed by atoms with Gasteiger partial charge < -0.3 is 15.0 Å². The highest BCUT2D eigenvalue weighted by atomic mass is 32.1. The standard InChI is InChI=1S/C12H18N2O2S/c1-13-12(15)14(8-10-4-2-6-16-10)9-11-5-3-7-17-11/h3,5,7,10H,2,4,6,8-9H2,1H3,(H,13,15)/t10-/m0/s1. The molecular weight excluding hydrogens is 236 g/mol. The monoisotopic (exact) mass is 254 g/mol. The summed E-state index contributed by atoms with van der Waals surface area (Å²) in [6, 6.07) is 4.03. The first-order chi connectivity index (χ1) is 8.29. The molecule has 2 rings (SSSR count). The van der Waals surface area contributed by atoms with Gasteiger partial charge in [0.15, 0.2) is 0 Å². The molecule has 0 saturated carbocycles. The quantitative estimate of drug-likeness (QED) is 0.893. The van der Waals surface area contributed by atoms with E-state index in [4.69, 9.17) is 4.74 Å². The molecule has 1 N–H and O–H groups in total. The molecular formula is C12H18N2O2S. The summed E-state index contributed by atoms with van der Waals surface area (Å²) < 4.78 is 5.58. The molecule has 4 nitrogen and oxygen atoms in total. The van der Waals surface area contributed by atoms with Gasteiger partial charge in [-0.05, 0) is 24.3 Å². The van der Waals surface area contributed by atoms with Crippen LogP contribution >= 0.6 is 11.3 Å². The van der Waals surface area contributed by atoms with E-state index < -0.39 is 0 Å². The molecule has 0 bridgehead atoms. The fraction of sp³-hybridized carbons (Fsp3) is 0.583. The van der Waals surface area contributed by atoms with Gasteiger partial charge in [-0.3, -0.25) is 0 Å². The van der Waals surface area contributed by atoms with Crippen molar-refractivity contribution in [3.8, 4) is 0 Å². The minimum Gasteiger partial charge on any atom is -0.376 e. The van der Waals surface area contributed by atoms with Crippen molar-refractivity contribution in [3.63, 3.8) is 0 Å². The summed E-state index contributed by atoms with van der Waals surface area (Å²) in [6.07, 6.45) is 2.36. The molecule has 2 amide bonds. The van der Waals surface area contributed by atoms with E-state index in [0.29, 0.717) is 13.1 Å². The lowest BCUT2D eigenvalue weighted by Gasteiger charge is -2.24. The Morgan fingerprint density at radius 1 is 1.71 bits per heavy atom. The molecule has 1 atom stereocenters. The topological polar surface area (TPSA) is 41.6 Å². The van der Waals surface area contributed by atoms with Crippen LogP contribution < -0.4 is 5.32 Å². The van der Waals surface area contributed by atoms with Crippen molar-refractivity contribution in [1.29, 1.82) is 0 Å². The highest BCUT2D eigenvalue weighted by Crippen LogP contribution is 2.17. The molecule has 0 aromatic carbocycles. The van der Waals surface area contributed by atoms with Gasteiger partial charge in [-0.25, -0.2) is 4.79 Å². The van der Waals surface area contributed by atoms with Gasteiger partial charge in [-0.1, -0.05) is 6.07 Å². The maximum Gasteiger partial charge on any atom is 0.317 e. The number of nitrogens with one attached hydrogen (secondary N) is 1. The molecule has 0 aliphatic carbocycles. The second-order valence-electron chi connectivity index (χ2n) is 4.15. The van der Waals surface area contributed by atoms with Crippen LogP contribution in [0.15, 0.2) is 17.5 Å². The molecule has 0 spiro atoms. The van der Waals surface area contributed by atoms with Crippen LogP contribution in [0.4, 0.5) is 4.79 Å². The number of hydrogen-bond acceptors (Lipinski definition) is 3. The van der Waals surface area contributed by atoms with E-state index >= 15 is 0 Å². The first kappa shape index (κ1) is 12.4. The third-order valence-electron chi connectivity index (χ3n) is 2.88. The van der Waals surface area contributed by atoms with E-state index in [1.807, 2.05) is 16.3 Å². The highest BCUT2D eigenvalue weighted by Gasteiger charge is 2.22. The smallest absolute Gasteiger partial charge is 0.317 e. The lowest BCUT2D eigenvalue weighted by Crippen LogP contribution is -2.41. The lowest BCUT2D eigenvalue weighted by atomic mass is 10.2. The van der Waals surface area contributed by atoms with Crippen molar-refractivity contribution in [1.82, 2.24) is 10.2 Å². The molecule has 17 heavy (non-hydrogen) atoms. The molecule has 0 unspecified atom stereocenters. The number of ether oxygens (including phenoxy) is 1. The van der Waals surface area contributed by atoms with Crippen molar-refractivity contribution in [2.45, 2.75) is 25.5 Å². The largest absolute Gasteiger partial charge is 0.376 e. The summed E-state index contributed by atoms with van der Waals surface area (Å²) in [5, 5.41) is 4.72. The first-order valence-electron chi connectivity index (χ1n) is 5.90. The lowest BCUT2D eigenvalue weighted by molar-refractivity contribution is 0.0801. The Morgan fingerprint density at radius 3 is 3.18 bits per heavy atom. The van der Waals surface area contributed by atoms with E-state index in [0.717, 1.165) is 19.4 Å². The number of hydrogen-bond donors (Lipinski definition) is 1. The molecule has 1 saturated heterocycles. The number of urea groups is 1. The molecule has 5 heteroatoms. The SMILES string of the molecule is CNC(=O)N(Cc1cccs1)C[C@@H]1CCCO1. The maximum atomic E-state index is 11.8. The zero-order valence-corrected chi connectivity index (χ0v) is 10.8. The van der Waals surface area contributed by atoms with Crippen LogP contribution in [0.5, 0.6) is 0 Å².